The second-order valence-corrected chi connectivity index (χ2v) is 9.24. The van der Waals surface area contributed by atoms with Crippen molar-refractivity contribution in [1.82, 2.24) is 20.2 Å². The van der Waals surface area contributed by atoms with Crippen LogP contribution < -0.4 is 5.43 Å². The van der Waals surface area contributed by atoms with Crippen molar-refractivity contribution in [3.8, 4) is 0 Å². The molecule has 160 valence electrons. The van der Waals surface area contributed by atoms with Crippen molar-refractivity contribution in [3.05, 3.63) is 52.4 Å². The quantitative estimate of drug-likeness (QED) is 0.516. The van der Waals surface area contributed by atoms with E-state index in [1.165, 1.54) is 11.8 Å². The molecule has 30 heavy (non-hydrogen) atoms. The number of benzene rings is 1. The first-order valence-electron chi connectivity index (χ1n) is 10.1. The molecule has 0 atom stereocenters. The van der Waals surface area contributed by atoms with E-state index in [-0.39, 0.29) is 11.8 Å². The molecule has 2 saturated heterocycles. The minimum Gasteiger partial charge on any atom is -0.304 e. The van der Waals surface area contributed by atoms with Crippen LogP contribution in [0.25, 0.3) is 6.08 Å². The Morgan fingerprint density at radius 3 is 2.60 bits per heavy atom. The maximum atomic E-state index is 12.7. The molecule has 0 bridgehead atoms. The molecule has 2 aliphatic heterocycles. The Hall–Kier alpha value is -2.00. The van der Waals surface area contributed by atoms with Gasteiger partial charge in [-0.3, -0.25) is 19.9 Å². The van der Waals surface area contributed by atoms with Crippen LogP contribution in [0.5, 0.6) is 0 Å². The van der Waals surface area contributed by atoms with Crippen LogP contribution in [0.3, 0.4) is 0 Å². The Morgan fingerprint density at radius 1 is 1.20 bits per heavy atom. The summed E-state index contributed by atoms with van der Waals surface area (Å²) in [4.78, 5) is 29.4. The van der Waals surface area contributed by atoms with E-state index in [1.54, 1.807) is 4.90 Å². The van der Waals surface area contributed by atoms with Crippen molar-refractivity contribution in [1.29, 1.82) is 0 Å². The van der Waals surface area contributed by atoms with Crippen LogP contribution in [0, 0.1) is 0 Å². The lowest BCUT2D eigenvalue weighted by molar-refractivity contribution is -0.127. The number of thiocarbonyl (C=S) groups is 1. The number of amides is 2. The monoisotopic (exact) mass is 444 g/mol. The highest BCUT2D eigenvalue weighted by molar-refractivity contribution is 8.26. The standard InChI is InChI=1S/C22H28N4O2S2/c1-17(15-18-7-4-3-5-8-18)16-19-21(28)26(22(29)30-19)10-6-9-20(27)23-25-13-11-24(2)12-14-25/h3-5,7-8,15-16H,6,9-14H2,1-2H3,(H,23,27). The molecule has 0 unspecified atom stereocenters. The van der Waals surface area contributed by atoms with E-state index in [0.29, 0.717) is 28.6 Å². The maximum absolute atomic E-state index is 12.7. The molecule has 8 heteroatoms. The Bertz CT molecular complexity index is 846. The average Bonchev–Trinajstić information content (AvgIpc) is 2.97. The van der Waals surface area contributed by atoms with Crippen LogP contribution in [0.15, 0.2) is 46.9 Å². The minimum atomic E-state index is -0.0784. The Labute approximate surface area is 187 Å². The number of likely N-dealkylation sites (N-methyl/N-ethyl adjacent to an activating group) is 1. The topological polar surface area (TPSA) is 55.9 Å². The van der Waals surface area contributed by atoms with Crippen LogP contribution in [0.4, 0.5) is 0 Å². The molecule has 1 N–H and O–H groups in total. The second-order valence-electron chi connectivity index (χ2n) is 7.56. The van der Waals surface area contributed by atoms with E-state index in [4.69, 9.17) is 12.2 Å². The van der Waals surface area contributed by atoms with Gasteiger partial charge in [0, 0.05) is 39.1 Å². The van der Waals surface area contributed by atoms with Gasteiger partial charge in [0.1, 0.15) is 4.32 Å². The molecule has 0 aromatic heterocycles. The molecule has 0 aliphatic carbocycles. The predicted octanol–water partition coefficient (Wildman–Crippen LogP) is 2.89. The van der Waals surface area contributed by atoms with Crippen molar-refractivity contribution in [2.24, 2.45) is 0 Å². The third kappa shape index (κ3) is 6.50. The Morgan fingerprint density at radius 2 is 1.90 bits per heavy atom. The zero-order valence-electron chi connectivity index (χ0n) is 17.5. The van der Waals surface area contributed by atoms with Crippen LogP contribution in [-0.2, 0) is 9.59 Å². The molecule has 0 spiro atoms. The smallest absolute Gasteiger partial charge is 0.266 e. The summed E-state index contributed by atoms with van der Waals surface area (Å²) in [7, 11) is 2.08. The van der Waals surface area contributed by atoms with E-state index in [0.717, 1.165) is 37.3 Å². The van der Waals surface area contributed by atoms with Crippen molar-refractivity contribution >= 4 is 46.2 Å². The molecular formula is C22H28N4O2S2. The number of carbonyl (C=O) groups excluding carboxylic acids is 2. The molecule has 0 radical (unpaired) electrons. The summed E-state index contributed by atoms with van der Waals surface area (Å²) >= 11 is 6.72. The SMILES string of the molecule is CC(=Cc1ccccc1)C=C1SC(=S)N(CCCC(=O)NN2CCN(C)CC2)C1=O. The van der Waals surface area contributed by atoms with Gasteiger partial charge in [0.15, 0.2) is 0 Å². The summed E-state index contributed by atoms with van der Waals surface area (Å²) in [6, 6.07) is 9.99. The van der Waals surface area contributed by atoms with Crippen molar-refractivity contribution in [3.63, 3.8) is 0 Å². The summed E-state index contributed by atoms with van der Waals surface area (Å²) in [5.74, 6) is -0.0903. The first-order valence-corrected chi connectivity index (χ1v) is 11.4. The van der Waals surface area contributed by atoms with Crippen LogP contribution >= 0.6 is 24.0 Å². The fraction of sp³-hybridized carbons (Fsp3) is 0.409. The molecule has 2 aliphatic rings. The van der Waals surface area contributed by atoms with Crippen LogP contribution in [0.2, 0.25) is 0 Å². The average molecular weight is 445 g/mol. The number of carbonyl (C=O) groups is 2. The van der Waals surface area contributed by atoms with Gasteiger partial charge < -0.3 is 4.90 Å². The Kier molecular flexibility index (Phi) is 8.21. The van der Waals surface area contributed by atoms with Gasteiger partial charge in [0.05, 0.1) is 4.91 Å². The van der Waals surface area contributed by atoms with Crippen LogP contribution in [0.1, 0.15) is 25.3 Å². The molecule has 2 amide bonds. The van der Waals surface area contributed by atoms with E-state index < -0.39 is 0 Å². The number of hydrazine groups is 1. The number of allylic oxidation sites excluding steroid dienone is 2. The maximum Gasteiger partial charge on any atom is 0.266 e. The molecule has 6 nitrogen and oxygen atoms in total. The van der Waals surface area contributed by atoms with Crippen molar-refractivity contribution in [2.75, 3.05) is 39.8 Å². The van der Waals surface area contributed by atoms with Crippen molar-refractivity contribution in [2.45, 2.75) is 19.8 Å². The summed E-state index contributed by atoms with van der Waals surface area (Å²) < 4.78 is 0.554. The summed E-state index contributed by atoms with van der Waals surface area (Å²) in [6.45, 7) is 5.99. The fourth-order valence-corrected chi connectivity index (χ4v) is 4.66. The highest BCUT2D eigenvalue weighted by Crippen LogP contribution is 2.32. The molecule has 1 aromatic rings. The van der Waals surface area contributed by atoms with Gasteiger partial charge in [-0.15, -0.1) is 0 Å². The molecule has 1 aromatic carbocycles. The first-order chi connectivity index (χ1) is 14.4. The normalized spacial score (nSPS) is 20.3. The van der Waals surface area contributed by atoms with E-state index in [9.17, 15) is 9.59 Å². The van der Waals surface area contributed by atoms with E-state index in [1.807, 2.05) is 54.4 Å². The second kappa shape index (κ2) is 10.9. The number of piperazine rings is 1. The largest absolute Gasteiger partial charge is 0.304 e. The number of hydrogen-bond donors (Lipinski definition) is 1. The molecule has 3 rings (SSSR count). The van der Waals surface area contributed by atoms with E-state index >= 15 is 0 Å². The van der Waals surface area contributed by atoms with Gasteiger partial charge in [-0.2, -0.15) is 0 Å². The molecule has 2 heterocycles. The van der Waals surface area contributed by atoms with Gasteiger partial charge in [-0.05, 0) is 37.6 Å². The number of nitrogens with one attached hydrogen (secondary N) is 1. The molecule has 0 saturated carbocycles. The van der Waals surface area contributed by atoms with Gasteiger partial charge in [-0.1, -0.05) is 60.4 Å². The highest BCUT2D eigenvalue weighted by atomic mass is 32.2. The minimum absolute atomic E-state index is 0.0119. The zero-order valence-corrected chi connectivity index (χ0v) is 19.1. The lowest BCUT2D eigenvalue weighted by atomic mass is 10.1. The summed E-state index contributed by atoms with van der Waals surface area (Å²) in [5.41, 5.74) is 5.04. The third-order valence-corrected chi connectivity index (χ3v) is 6.38. The lowest BCUT2D eigenvalue weighted by Gasteiger charge is -2.32. The number of nitrogens with zero attached hydrogens (tertiary/aromatic N) is 3. The molecular weight excluding hydrogens is 416 g/mol. The van der Waals surface area contributed by atoms with Crippen molar-refractivity contribution < 1.29 is 9.59 Å². The number of rotatable bonds is 7. The Balaban J connectivity index is 1.48. The van der Waals surface area contributed by atoms with E-state index in [2.05, 4.69) is 17.4 Å². The highest BCUT2D eigenvalue weighted by Gasteiger charge is 2.31. The summed E-state index contributed by atoms with van der Waals surface area (Å²) in [6.07, 6.45) is 4.87. The predicted molar refractivity (Wildman–Crippen MR) is 127 cm³/mol. The fourth-order valence-electron chi connectivity index (χ4n) is 3.30. The first kappa shape index (κ1) is 22.7. The van der Waals surface area contributed by atoms with Crippen LogP contribution in [-0.4, -0.2) is 70.7 Å². The summed E-state index contributed by atoms with van der Waals surface area (Å²) in [5, 5.41) is 1.96. The van der Waals surface area contributed by atoms with Gasteiger partial charge in [-0.25, -0.2) is 5.01 Å². The zero-order chi connectivity index (χ0) is 21.5. The van der Waals surface area contributed by atoms with Gasteiger partial charge in [0.25, 0.3) is 5.91 Å². The van der Waals surface area contributed by atoms with Gasteiger partial charge >= 0.3 is 0 Å². The third-order valence-electron chi connectivity index (χ3n) is 5.00. The molecule has 2 fully saturated rings. The number of hydrogen-bond acceptors (Lipinski definition) is 6. The lowest BCUT2D eigenvalue weighted by Crippen LogP contribution is -2.52. The van der Waals surface area contributed by atoms with Gasteiger partial charge in [0.2, 0.25) is 5.91 Å². The number of thioether (sulfide) groups is 1.